The van der Waals surface area contributed by atoms with Gasteiger partial charge in [0.15, 0.2) is 11.5 Å². The largest absolute Gasteiger partial charge is 0.504 e. The first kappa shape index (κ1) is 11.6. The molecule has 0 bridgehead atoms. The zero-order valence-electron chi connectivity index (χ0n) is 10.0. The number of carbonyl (C=O) groups is 1. The van der Waals surface area contributed by atoms with E-state index >= 15 is 0 Å². The van der Waals surface area contributed by atoms with E-state index in [1.54, 1.807) is 18.2 Å². The lowest BCUT2D eigenvalue weighted by Gasteiger charge is -2.25. The summed E-state index contributed by atoms with van der Waals surface area (Å²) in [4.78, 5) is 11.9. The van der Waals surface area contributed by atoms with Crippen LogP contribution in [0.25, 0.3) is 0 Å². The highest BCUT2D eigenvalue weighted by atomic mass is 16.5. The van der Waals surface area contributed by atoms with E-state index in [1.807, 2.05) is 12.1 Å². The van der Waals surface area contributed by atoms with Crippen LogP contribution in [-0.4, -0.2) is 16.2 Å². The number of cyclic esters (lactones) is 1. The maximum Gasteiger partial charge on any atom is 0.339 e. The third-order valence-electron chi connectivity index (χ3n) is 3.26. The molecule has 2 aromatic carbocycles. The number of hydrogen-bond acceptors (Lipinski definition) is 4. The average molecular weight is 256 g/mol. The van der Waals surface area contributed by atoms with Crippen molar-refractivity contribution in [3.8, 4) is 11.5 Å². The number of phenolic OH excluding ortho intramolecular Hbond substituents is 2. The molecule has 3 rings (SSSR count). The van der Waals surface area contributed by atoms with Crippen molar-refractivity contribution in [2.45, 2.75) is 12.5 Å². The summed E-state index contributed by atoms with van der Waals surface area (Å²) in [5.74, 6) is -0.766. The van der Waals surface area contributed by atoms with Crippen LogP contribution in [-0.2, 0) is 11.2 Å². The van der Waals surface area contributed by atoms with Crippen molar-refractivity contribution in [3.63, 3.8) is 0 Å². The van der Waals surface area contributed by atoms with Gasteiger partial charge in [-0.3, -0.25) is 0 Å². The van der Waals surface area contributed by atoms with Crippen molar-refractivity contribution in [1.29, 1.82) is 0 Å². The molecule has 0 aliphatic carbocycles. The molecule has 1 atom stereocenters. The molecule has 2 aromatic rings. The summed E-state index contributed by atoms with van der Waals surface area (Å²) in [6.45, 7) is 0. The van der Waals surface area contributed by atoms with E-state index in [0.717, 1.165) is 5.56 Å². The van der Waals surface area contributed by atoms with Crippen LogP contribution in [0.5, 0.6) is 11.5 Å². The van der Waals surface area contributed by atoms with E-state index in [2.05, 4.69) is 0 Å². The minimum Gasteiger partial charge on any atom is -0.504 e. The number of phenols is 2. The Kier molecular flexibility index (Phi) is 2.63. The fourth-order valence-electron chi connectivity index (χ4n) is 2.26. The predicted octanol–water partition coefficient (Wildman–Crippen LogP) is 2.55. The van der Waals surface area contributed by atoms with Gasteiger partial charge in [0.05, 0.1) is 5.56 Å². The quantitative estimate of drug-likeness (QED) is 0.608. The molecule has 1 aliphatic rings. The summed E-state index contributed by atoms with van der Waals surface area (Å²) in [7, 11) is 0. The van der Waals surface area contributed by atoms with E-state index in [9.17, 15) is 15.0 Å². The molecule has 4 heteroatoms. The molecule has 96 valence electrons. The lowest BCUT2D eigenvalue weighted by atomic mass is 9.94. The van der Waals surface area contributed by atoms with E-state index in [4.69, 9.17) is 4.74 Å². The second-order valence-corrected chi connectivity index (χ2v) is 4.50. The Labute approximate surface area is 109 Å². The lowest BCUT2D eigenvalue weighted by molar-refractivity contribution is 0.0252. The van der Waals surface area contributed by atoms with Crippen molar-refractivity contribution >= 4 is 5.97 Å². The summed E-state index contributed by atoms with van der Waals surface area (Å²) in [5.41, 5.74) is 2.18. The summed E-state index contributed by atoms with van der Waals surface area (Å²) in [5, 5.41) is 18.8. The Hall–Kier alpha value is -2.49. The SMILES string of the molecule is O=C1OC(c2ccc(O)c(O)c2)Cc2ccccc21. The Morgan fingerprint density at radius 2 is 1.84 bits per heavy atom. The summed E-state index contributed by atoms with van der Waals surface area (Å²) in [6.07, 6.45) is 0.125. The number of ether oxygens (including phenoxy) is 1. The van der Waals surface area contributed by atoms with Gasteiger partial charge in [-0.25, -0.2) is 4.79 Å². The van der Waals surface area contributed by atoms with Crippen LogP contribution in [0.15, 0.2) is 42.5 Å². The van der Waals surface area contributed by atoms with Crippen LogP contribution >= 0.6 is 0 Å². The molecule has 4 nitrogen and oxygen atoms in total. The first-order chi connectivity index (χ1) is 9.15. The number of esters is 1. The predicted molar refractivity (Wildman–Crippen MR) is 68.1 cm³/mol. The van der Waals surface area contributed by atoms with Crippen molar-refractivity contribution in [2.75, 3.05) is 0 Å². The Bertz CT molecular complexity index is 648. The van der Waals surface area contributed by atoms with Gasteiger partial charge in [0.2, 0.25) is 0 Å². The monoisotopic (exact) mass is 256 g/mol. The molecule has 0 amide bonds. The van der Waals surface area contributed by atoms with Crippen LogP contribution in [0.4, 0.5) is 0 Å². The number of benzene rings is 2. The first-order valence-corrected chi connectivity index (χ1v) is 5.96. The van der Waals surface area contributed by atoms with E-state index in [-0.39, 0.29) is 17.5 Å². The van der Waals surface area contributed by atoms with Crippen molar-refractivity contribution < 1.29 is 19.7 Å². The van der Waals surface area contributed by atoms with E-state index < -0.39 is 6.10 Å². The highest BCUT2D eigenvalue weighted by Gasteiger charge is 2.27. The molecule has 0 saturated carbocycles. The normalized spacial score (nSPS) is 17.7. The Morgan fingerprint density at radius 1 is 1.05 bits per heavy atom. The number of fused-ring (bicyclic) bond motifs is 1. The summed E-state index contributed by atoms with van der Waals surface area (Å²) in [6, 6.07) is 11.8. The number of hydrogen-bond donors (Lipinski definition) is 2. The molecule has 0 radical (unpaired) electrons. The van der Waals surface area contributed by atoms with Gasteiger partial charge in [-0.2, -0.15) is 0 Å². The minimum absolute atomic E-state index is 0.189. The maximum atomic E-state index is 11.9. The molecule has 0 aromatic heterocycles. The minimum atomic E-state index is -0.436. The highest BCUT2D eigenvalue weighted by molar-refractivity contribution is 5.92. The molecule has 1 heterocycles. The Morgan fingerprint density at radius 3 is 2.63 bits per heavy atom. The molecule has 0 fully saturated rings. The van der Waals surface area contributed by atoms with Crippen molar-refractivity contribution in [3.05, 3.63) is 59.2 Å². The fourth-order valence-corrected chi connectivity index (χ4v) is 2.26. The van der Waals surface area contributed by atoms with E-state index in [1.165, 1.54) is 12.1 Å². The zero-order valence-corrected chi connectivity index (χ0v) is 10.0. The van der Waals surface area contributed by atoms with E-state index in [0.29, 0.717) is 17.5 Å². The standard InChI is InChI=1S/C15H12O4/c16-12-6-5-10(7-13(12)17)14-8-9-3-1-2-4-11(9)15(18)19-14/h1-7,14,16-17H,8H2. The van der Waals surface area contributed by atoms with Crippen LogP contribution in [0.2, 0.25) is 0 Å². The molecule has 2 N–H and O–H groups in total. The van der Waals surface area contributed by atoms with Gasteiger partial charge < -0.3 is 14.9 Å². The summed E-state index contributed by atoms with van der Waals surface area (Å²) < 4.78 is 5.36. The number of aromatic hydroxyl groups is 2. The molecule has 0 saturated heterocycles. The highest BCUT2D eigenvalue weighted by Crippen LogP contribution is 2.34. The lowest BCUT2D eigenvalue weighted by Crippen LogP contribution is -2.21. The second kappa shape index (κ2) is 4.31. The molecule has 1 aliphatic heterocycles. The van der Waals surface area contributed by atoms with Gasteiger partial charge in [-0.05, 0) is 29.3 Å². The molecular formula is C15H12O4. The molecule has 19 heavy (non-hydrogen) atoms. The van der Waals surface area contributed by atoms with Crippen LogP contribution in [0.1, 0.15) is 27.6 Å². The average Bonchev–Trinajstić information content (AvgIpc) is 2.42. The van der Waals surface area contributed by atoms with Gasteiger partial charge in [-0.1, -0.05) is 24.3 Å². The van der Waals surface area contributed by atoms with Crippen molar-refractivity contribution in [1.82, 2.24) is 0 Å². The van der Waals surface area contributed by atoms with Gasteiger partial charge >= 0.3 is 5.97 Å². The van der Waals surface area contributed by atoms with Gasteiger partial charge in [0.1, 0.15) is 6.10 Å². The molecule has 0 spiro atoms. The third kappa shape index (κ3) is 2.01. The van der Waals surface area contributed by atoms with Gasteiger partial charge in [0.25, 0.3) is 0 Å². The topological polar surface area (TPSA) is 66.8 Å². The Balaban J connectivity index is 1.96. The van der Waals surface area contributed by atoms with Crippen LogP contribution in [0.3, 0.4) is 0 Å². The van der Waals surface area contributed by atoms with Gasteiger partial charge in [0, 0.05) is 6.42 Å². The van der Waals surface area contributed by atoms with Crippen LogP contribution < -0.4 is 0 Å². The zero-order chi connectivity index (χ0) is 13.4. The number of rotatable bonds is 1. The fraction of sp³-hybridized carbons (Fsp3) is 0.133. The van der Waals surface area contributed by atoms with Crippen molar-refractivity contribution in [2.24, 2.45) is 0 Å². The van der Waals surface area contributed by atoms with Crippen LogP contribution in [0, 0.1) is 0 Å². The smallest absolute Gasteiger partial charge is 0.339 e. The maximum absolute atomic E-state index is 11.9. The summed E-state index contributed by atoms with van der Waals surface area (Å²) >= 11 is 0. The second-order valence-electron chi connectivity index (χ2n) is 4.50. The number of carbonyl (C=O) groups excluding carboxylic acids is 1. The first-order valence-electron chi connectivity index (χ1n) is 5.96. The van der Waals surface area contributed by atoms with Gasteiger partial charge in [-0.15, -0.1) is 0 Å². The molecule has 1 unspecified atom stereocenters. The third-order valence-corrected chi connectivity index (χ3v) is 3.26. The molecular weight excluding hydrogens is 244 g/mol.